The van der Waals surface area contributed by atoms with Gasteiger partial charge in [-0.25, -0.2) is 0 Å². The monoisotopic (exact) mass is 304 g/mol. The van der Waals surface area contributed by atoms with Crippen molar-refractivity contribution in [2.45, 2.75) is 12.5 Å². The lowest BCUT2D eigenvalue weighted by Gasteiger charge is -2.30. The minimum atomic E-state index is 0.202. The van der Waals surface area contributed by atoms with Gasteiger partial charge >= 0.3 is 0 Å². The number of nitrogens with zero attached hydrogens (tertiary/aromatic N) is 1. The molecule has 0 aromatic heterocycles. The Morgan fingerprint density at radius 1 is 1.28 bits per heavy atom. The van der Waals surface area contributed by atoms with Crippen LogP contribution in [0.5, 0.6) is 0 Å². The van der Waals surface area contributed by atoms with E-state index in [0.717, 1.165) is 23.7 Å². The number of hydrogen-bond acceptors (Lipinski definition) is 3. The van der Waals surface area contributed by atoms with Crippen molar-refractivity contribution in [3.8, 4) is 0 Å². The lowest BCUT2D eigenvalue weighted by Crippen LogP contribution is -2.35. The van der Waals surface area contributed by atoms with Gasteiger partial charge in [-0.15, -0.1) is 0 Å². The van der Waals surface area contributed by atoms with Gasteiger partial charge in [0, 0.05) is 34.9 Å². The van der Waals surface area contributed by atoms with Crippen LogP contribution in [0.2, 0.25) is 10.0 Å². The number of halogens is 2. The van der Waals surface area contributed by atoms with Gasteiger partial charge in [0.05, 0.1) is 0 Å². The fourth-order valence-electron chi connectivity index (χ4n) is 2.32. The molecule has 1 aromatic carbocycles. The predicted octanol–water partition coefficient (Wildman–Crippen LogP) is 3.43. The van der Waals surface area contributed by atoms with Crippen molar-refractivity contribution in [3.05, 3.63) is 33.8 Å². The van der Waals surface area contributed by atoms with Crippen molar-refractivity contribution in [1.29, 1.82) is 0 Å². The van der Waals surface area contributed by atoms with Gasteiger partial charge in [0.15, 0.2) is 0 Å². The first-order chi connectivity index (χ1) is 8.72. The third-order valence-electron chi connectivity index (χ3n) is 3.24. The first-order valence-corrected chi connectivity index (χ1v) is 8.10. The summed E-state index contributed by atoms with van der Waals surface area (Å²) in [4.78, 5) is 2.44. The Labute approximate surface area is 123 Å². The smallest absolute Gasteiger partial charge is 0.0485 e. The number of benzene rings is 1. The van der Waals surface area contributed by atoms with Gasteiger partial charge in [-0.05, 0) is 36.4 Å². The summed E-state index contributed by atoms with van der Waals surface area (Å²) < 4.78 is 0. The van der Waals surface area contributed by atoms with Crippen LogP contribution in [0.15, 0.2) is 18.2 Å². The van der Waals surface area contributed by atoms with Crippen LogP contribution < -0.4 is 5.73 Å². The summed E-state index contributed by atoms with van der Waals surface area (Å²) in [5.41, 5.74) is 7.05. The second-order valence-electron chi connectivity index (χ2n) is 4.42. The topological polar surface area (TPSA) is 29.3 Å². The Hall–Kier alpha value is 0.0700. The van der Waals surface area contributed by atoms with E-state index < -0.39 is 0 Å². The van der Waals surface area contributed by atoms with Crippen molar-refractivity contribution < 1.29 is 0 Å². The Bertz CT molecular complexity index is 393. The molecular formula is C13H18Cl2N2S. The summed E-state index contributed by atoms with van der Waals surface area (Å²) in [6.45, 7) is 2.76. The maximum Gasteiger partial charge on any atom is 0.0485 e. The molecule has 2 N–H and O–H groups in total. The molecular weight excluding hydrogens is 287 g/mol. The molecule has 1 fully saturated rings. The van der Waals surface area contributed by atoms with Crippen LogP contribution in [0, 0.1) is 0 Å². The Morgan fingerprint density at radius 3 is 2.83 bits per heavy atom. The summed E-state index contributed by atoms with van der Waals surface area (Å²) in [6.07, 6.45) is 1.21. The molecule has 1 aromatic rings. The molecule has 0 spiro atoms. The highest BCUT2D eigenvalue weighted by atomic mass is 35.5. The van der Waals surface area contributed by atoms with Crippen LogP contribution >= 0.6 is 35.0 Å². The van der Waals surface area contributed by atoms with E-state index in [4.69, 9.17) is 28.9 Å². The number of hydrogen-bond donors (Lipinski definition) is 1. The first kappa shape index (κ1) is 14.5. The van der Waals surface area contributed by atoms with Gasteiger partial charge in [0.1, 0.15) is 0 Å². The lowest BCUT2D eigenvalue weighted by atomic mass is 10.0. The largest absolute Gasteiger partial charge is 0.329 e. The summed E-state index contributed by atoms with van der Waals surface area (Å²) in [5.74, 6) is 2.41. The van der Waals surface area contributed by atoms with Gasteiger partial charge in [0.25, 0.3) is 0 Å². The van der Waals surface area contributed by atoms with Crippen molar-refractivity contribution >= 4 is 35.0 Å². The maximum atomic E-state index is 6.29. The molecule has 0 aliphatic carbocycles. The lowest BCUT2D eigenvalue weighted by molar-refractivity contribution is 0.218. The molecule has 1 atom stereocenters. The second kappa shape index (κ2) is 7.01. The van der Waals surface area contributed by atoms with E-state index >= 15 is 0 Å². The molecule has 1 unspecified atom stereocenters. The van der Waals surface area contributed by atoms with Crippen LogP contribution in [0.25, 0.3) is 0 Å². The van der Waals surface area contributed by atoms with Crippen LogP contribution in [-0.4, -0.2) is 36.0 Å². The molecule has 2 rings (SSSR count). The van der Waals surface area contributed by atoms with Gasteiger partial charge < -0.3 is 5.73 Å². The van der Waals surface area contributed by atoms with Crippen LogP contribution in [-0.2, 0) is 0 Å². The average Bonchev–Trinajstić information content (AvgIpc) is 2.62. The van der Waals surface area contributed by atoms with Crippen molar-refractivity contribution in [1.82, 2.24) is 4.90 Å². The Morgan fingerprint density at radius 2 is 2.11 bits per heavy atom. The predicted molar refractivity (Wildman–Crippen MR) is 81.8 cm³/mol. The summed E-state index contributed by atoms with van der Waals surface area (Å²) in [7, 11) is 0. The van der Waals surface area contributed by atoms with E-state index in [9.17, 15) is 0 Å². The molecule has 18 heavy (non-hydrogen) atoms. The van der Waals surface area contributed by atoms with Crippen LogP contribution in [0.3, 0.4) is 0 Å². The zero-order valence-corrected chi connectivity index (χ0v) is 12.6. The number of thioether (sulfide) groups is 1. The highest BCUT2D eigenvalue weighted by molar-refractivity contribution is 7.99. The quantitative estimate of drug-likeness (QED) is 0.927. The molecule has 0 bridgehead atoms. The minimum Gasteiger partial charge on any atom is -0.329 e. The van der Waals surface area contributed by atoms with Gasteiger partial charge in [-0.2, -0.15) is 11.8 Å². The molecule has 1 aliphatic heterocycles. The number of nitrogens with two attached hydrogens (primary N) is 1. The standard InChI is InChI=1S/C13H18Cl2N2S/c14-10-2-3-11(12(15)8-10)13(9-16)17-4-1-6-18-7-5-17/h2-3,8,13H,1,4-7,9,16H2. The summed E-state index contributed by atoms with van der Waals surface area (Å²) in [6, 6.07) is 5.89. The Balaban J connectivity index is 2.20. The molecule has 5 heteroatoms. The molecule has 1 aliphatic rings. The molecule has 0 radical (unpaired) electrons. The summed E-state index contributed by atoms with van der Waals surface area (Å²) in [5, 5.41) is 1.39. The third kappa shape index (κ3) is 3.55. The van der Waals surface area contributed by atoms with Crippen molar-refractivity contribution in [2.24, 2.45) is 5.73 Å². The third-order valence-corrected chi connectivity index (χ3v) is 4.85. The van der Waals surface area contributed by atoms with E-state index in [-0.39, 0.29) is 6.04 Å². The van der Waals surface area contributed by atoms with Gasteiger partial charge in [-0.1, -0.05) is 29.3 Å². The summed E-state index contributed by atoms with van der Waals surface area (Å²) >= 11 is 14.2. The van der Waals surface area contributed by atoms with E-state index in [1.54, 1.807) is 6.07 Å². The van der Waals surface area contributed by atoms with Gasteiger partial charge in [-0.3, -0.25) is 4.90 Å². The van der Waals surface area contributed by atoms with Crippen molar-refractivity contribution in [2.75, 3.05) is 31.1 Å². The first-order valence-electron chi connectivity index (χ1n) is 6.19. The van der Waals surface area contributed by atoms with Crippen LogP contribution in [0.1, 0.15) is 18.0 Å². The van der Waals surface area contributed by atoms with E-state index in [0.29, 0.717) is 11.6 Å². The van der Waals surface area contributed by atoms with E-state index in [1.165, 1.54) is 17.9 Å². The molecule has 100 valence electrons. The normalized spacial score (nSPS) is 19.5. The zero-order valence-electron chi connectivity index (χ0n) is 10.2. The zero-order chi connectivity index (χ0) is 13.0. The molecule has 2 nitrogen and oxygen atoms in total. The van der Waals surface area contributed by atoms with Crippen molar-refractivity contribution in [3.63, 3.8) is 0 Å². The van der Waals surface area contributed by atoms with Crippen LogP contribution in [0.4, 0.5) is 0 Å². The highest BCUT2D eigenvalue weighted by Crippen LogP contribution is 2.30. The SMILES string of the molecule is NCC(c1ccc(Cl)cc1Cl)N1CCCSCC1. The molecule has 1 heterocycles. The molecule has 0 saturated carbocycles. The maximum absolute atomic E-state index is 6.29. The highest BCUT2D eigenvalue weighted by Gasteiger charge is 2.22. The fraction of sp³-hybridized carbons (Fsp3) is 0.538. The fourth-order valence-corrected chi connectivity index (χ4v) is 3.76. The molecule has 0 amide bonds. The minimum absolute atomic E-state index is 0.202. The van der Waals surface area contributed by atoms with E-state index in [1.807, 2.05) is 23.9 Å². The molecule has 1 saturated heterocycles. The van der Waals surface area contributed by atoms with Gasteiger partial charge in [0.2, 0.25) is 0 Å². The second-order valence-corrected chi connectivity index (χ2v) is 6.49. The number of rotatable bonds is 3. The average molecular weight is 305 g/mol. The Kier molecular flexibility index (Phi) is 5.64. The van der Waals surface area contributed by atoms with E-state index in [2.05, 4.69) is 4.90 Å².